The van der Waals surface area contributed by atoms with E-state index in [9.17, 15) is 4.79 Å². The molecule has 1 aliphatic rings. The number of carboxylic acid groups (broad SMARTS) is 1. The van der Waals surface area contributed by atoms with Crippen molar-refractivity contribution in [2.75, 3.05) is 13.1 Å². The van der Waals surface area contributed by atoms with Gasteiger partial charge in [0.05, 0.1) is 6.10 Å². The lowest BCUT2D eigenvalue weighted by Gasteiger charge is -2.27. The maximum Gasteiger partial charge on any atom is 0.407 e. The number of likely N-dealkylation sites (tertiary alicyclic amines) is 1. The fourth-order valence-corrected chi connectivity index (χ4v) is 1.13. The average molecular weight is 162 g/mol. The van der Waals surface area contributed by atoms with Crippen LogP contribution in [0.1, 0.15) is 12.8 Å². The summed E-state index contributed by atoms with van der Waals surface area (Å²) in [6.07, 6.45) is 0.112. The van der Waals surface area contributed by atoms with Crippen molar-refractivity contribution in [2.45, 2.75) is 18.9 Å². The minimum absolute atomic E-state index is 0. The van der Waals surface area contributed by atoms with E-state index in [0.717, 1.165) is 12.8 Å². The molecule has 1 atom stereocenters. The number of hydrogen-bond donors (Lipinski definition) is 3. The van der Waals surface area contributed by atoms with Crippen LogP contribution in [0, 0.1) is 0 Å². The number of aliphatic hydroxyl groups excluding tert-OH is 1. The van der Waals surface area contributed by atoms with Crippen LogP contribution in [-0.2, 0) is 0 Å². The number of carbonyl (C=O) groups is 1. The Bertz CT molecular complexity index is 140. The molecule has 0 spiro atoms. The molecule has 0 aromatic heterocycles. The Morgan fingerprint density at radius 3 is 2.55 bits per heavy atom. The highest BCUT2D eigenvalue weighted by Gasteiger charge is 2.20. The molecule has 1 aliphatic heterocycles. The van der Waals surface area contributed by atoms with Gasteiger partial charge in [-0.3, -0.25) is 0 Å². The SMILES string of the molecule is N.O=C(O)N1CCC[C@@H](O)C1. The van der Waals surface area contributed by atoms with Gasteiger partial charge in [-0.05, 0) is 12.8 Å². The molecular formula is C6H14N2O3. The van der Waals surface area contributed by atoms with Gasteiger partial charge in [0.1, 0.15) is 0 Å². The summed E-state index contributed by atoms with van der Waals surface area (Å²) < 4.78 is 0. The van der Waals surface area contributed by atoms with E-state index < -0.39 is 12.2 Å². The lowest BCUT2D eigenvalue weighted by molar-refractivity contribution is 0.0660. The predicted molar refractivity (Wildman–Crippen MR) is 39.9 cm³/mol. The molecule has 5 heteroatoms. The van der Waals surface area contributed by atoms with Gasteiger partial charge >= 0.3 is 6.09 Å². The van der Waals surface area contributed by atoms with Crippen molar-refractivity contribution in [2.24, 2.45) is 0 Å². The van der Waals surface area contributed by atoms with Gasteiger partial charge in [0.15, 0.2) is 0 Å². The Morgan fingerprint density at radius 1 is 1.55 bits per heavy atom. The summed E-state index contributed by atoms with van der Waals surface area (Å²) in [5, 5.41) is 17.5. The molecule has 0 aromatic rings. The molecule has 1 rings (SSSR count). The van der Waals surface area contributed by atoms with Crippen LogP contribution in [0.4, 0.5) is 4.79 Å². The van der Waals surface area contributed by atoms with Crippen molar-refractivity contribution in [3.63, 3.8) is 0 Å². The van der Waals surface area contributed by atoms with Crippen molar-refractivity contribution in [3.05, 3.63) is 0 Å². The molecule has 11 heavy (non-hydrogen) atoms. The van der Waals surface area contributed by atoms with Gasteiger partial charge in [-0.2, -0.15) is 0 Å². The summed E-state index contributed by atoms with van der Waals surface area (Å²) in [5.41, 5.74) is 0. The highest BCUT2D eigenvalue weighted by Crippen LogP contribution is 2.08. The van der Waals surface area contributed by atoms with Crippen LogP contribution < -0.4 is 6.15 Å². The van der Waals surface area contributed by atoms with Crippen LogP contribution >= 0.6 is 0 Å². The predicted octanol–water partition coefficient (Wildman–Crippen LogP) is 0.283. The molecule has 0 bridgehead atoms. The molecule has 66 valence electrons. The molecule has 1 heterocycles. The second-order valence-corrected chi connectivity index (χ2v) is 2.52. The number of rotatable bonds is 0. The molecule has 5 nitrogen and oxygen atoms in total. The van der Waals surface area contributed by atoms with Crippen molar-refractivity contribution in [1.82, 2.24) is 11.1 Å². The van der Waals surface area contributed by atoms with Gasteiger partial charge in [0.2, 0.25) is 0 Å². The van der Waals surface area contributed by atoms with Crippen molar-refractivity contribution in [1.29, 1.82) is 0 Å². The molecule has 5 N–H and O–H groups in total. The molecule has 0 radical (unpaired) electrons. The monoisotopic (exact) mass is 162 g/mol. The third kappa shape index (κ3) is 2.73. The average Bonchev–Trinajstić information content (AvgIpc) is 1.88. The van der Waals surface area contributed by atoms with E-state index in [1.54, 1.807) is 0 Å². The quantitative estimate of drug-likeness (QED) is 0.476. The minimum atomic E-state index is -0.932. The van der Waals surface area contributed by atoms with Crippen molar-refractivity contribution < 1.29 is 15.0 Å². The van der Waals surface area contributed by atoms with Crippen LogP contribution in [0.3, 0.4) is 0 Å². The third-order valence-corrected chi connectivity index (χ3v) is 1.67. The van der Waals surface area contributed by atoms with Gasteiger partial charge in [-0.15, -0.1) is 0 Å². The fourth-order valence-electron chi connectivity index (χ4n) is 1.13. The van der Waals surface area contributed by atoms with Gasteiger partial charge < -0.3 is 21.3 Å². The molecule has 1 saturated heterocycles. The number of β-amino-alcohol motifs (C(OH)–C–C–N with tert-alkyl or cyclic N) is 1. The van der Waals surface area contributed by atoms with E-state index in [4.69, 9.17) is 10.2 Å². The zero-order chi connectivity index (χ0) is 7.56. The Morgan fingerprint density at radius 2 is 2.18 bits per heavy atom. The Kier molecular flexibility index (Phi) is 3.84. The highest BCUT2D eigenvalue weighted by molar-refractivity contribution is 5.65. The molecular weight excluding hydrogens is 148 g/mol. The van der Waals surface area contributed by atoms with E-state index in [1.807, 2.05) is 0 Å². The summed E-state index contributed by atoms with van der Waals surface area (Å²) in [5.74, 6) is 0. The Hall–Kier alpha value is -0.810. The smallest absolute Gasteiger partial charge is 0.407 e. The molecule has 0 unspecified atom stereocenters. The van der Waals surface area contributed by atoms with Crippen LogP contribution in [0.5, 0.6) is 0 Å². The largest absolute Gasteiger partial charge is 0.465 e. The molecule has 0 saturated carbocycles. The molecule has 0 aliphatic carbocycles. The summed E-state index contributed by atoms with van der Waals surface area (Å²) in [6.45, 7) is 0.835. The van der Waals surface area contributed by atoms with Crippen molar-refractivity contribution >= 4 is 6.09 Å². The van der Waals surface area contributed by atoms with Gasteiger partial charge in [-0.25, -0.2) is 4.79 Å². The highest BCUT2D eigenvalue weighted by atomic mass is 16.4. The topological polar surface area (TPSA) is 95.8 Å². The molecule has 1 fully saturated rings. The third-order valence-electron chi connectivity index (χ3n) is 1.67. The first kappa shape index (κ1) is 10.2. The van der Waals surface area contributed by atoms with Crippen LogP contribution in [-0.4, -0.2) is 40.4 Å². The van der Waals surface area contributed by atoms with E-state index in [-0.39, 0.29) is 12.7 Å². The maximum atomic E-state index is 10.3. The van der Waals surface area contributed by atoms with E-state index in [2.05, 4.69) is 0 Å². The summed E-state index contributed by atoms with van der Waals surface area (Å²) in [6, 6.07) is 0. The fraction of sp³-hybridized carbons (Fsp3) is 0.833. The first-order chi connectivity index (χ1) is 4.70. The lowest BCUT2D eigenvalue weighted by atomic mass is 10.1. The summed E-state index contributed by atoms with van der Waals surface area (Å²) in [7, 11) is 0. The summed E-state index contributed by atoms with van der Waals surface area (Å²) in [4.78, 5) is 11.6. The number of piperidine rings is 1. The van der Waals surface area contributed by atoms with Crippen molar-refractivity contribution in [3.8, 4) is 0 Å². The zero-order valence-electron chi connectivity index (χ0n) is 6.36. The standard InChI is InChI=1S/C6H11NO3.H3N/c8-5-2-1-3-7(4-5)6(9)10;/h5,8H,1-4H2,(H,9,10);1H3/t5-;/m1./s1. The zero-order valence-corrected chi connectivity index (χ0v) is 6.36. The number of amides is 1. The minimum Gasteiger partial charge on any atom is -0.465 e. The Balaban J connectivity index is 0.000001000. The second-order valence-electron chi connectivity index (χ2n) is 2.52. The van der Waals surface area contributed by atoms with E-state index in [1.165, 1.54) is 4.90 Å². The maximum absolute atomic E-state index is 10.3. The van der Waals surface area contributed by atoms with Crippen LogP contribution in [0.25, 0.3) is 0 Å². The van der Waals surface area contributed by atoms with E-state index in [0.29, 0.717) is 6.54 Å². The normalized spacial score (nSPS) is 24.1. The van der Waals surface area contributed by atoms with Crippen LogP contribution in [0.2, 0.25) is 0 Å². The Labute approximate surface area is 65.2 Å². The lowest BCUT2D eigenvalue weighted by Crippen LogP contribution is -2.41. The first-order valence-corrected chi connectivity index (χ1v) is 3.36. The number of hydrogen-bond acceptors (Lipinski definition) is 3. The van der Waals surface area contributed by atoms with Crippen LogP contribution in [0.15, 0.2) is 0 Å². The molecule has 0 aromatic carbocycles. The molecule has 1 amide bonds. The van der Waals surface area contributed by atoms with Gasteiger partial charge in [0.25, 0.3) is 0 Å². The summed E-state index contributed by atoms with van der Waals surface area (Å²) >= 11 is 0. The first-order valence-electron chi connectivity index (χ1n) is 3.36. The number of nitrogens with zero attached hydrogens (tertiary/aromatic N) is 1. The number of aliphatic hydroxyl groups is 1. The van der Waals surface area contributed by atoms with Gasteiger partial charge in [0, 0.05) is 13.1 Å². The van der Waals surface area contributed by atoms with Gasteiger partial charge in [-0.1, -0.05) is 0 Å². The second kappa shape index (κ2) is 4.15. The van der Waals surface area contributed by atoms with E-state index >= 15 is 0 Å².